The van der Waals surface area contributed by atoms with E-state index in [1.165, 1.54) is 0 Å². The third-order valence-corrected chi connectivity index (χ3v) is 6.85. The van der Waals surface area contributed by atoms with Gasteiger partial charge in [0.2, 0.25) is 11.8 Å². The van der Waals surface area contributed by atoms with Crippen LogP contribution in [0.25, 0.3) is 10.8 Å². The van der Waals surface area contributed by atoms with Gasteiger partial charge in [-0.05, 0) is 49.8 Å². The second-order valence-electron chi connectivity index (χ2n) is 9.57. The molecular formula is C30H35N3O3. The van der Waals surface area contributed by atoms with Crippen LogP contribution in [-0.4, -0.2) is 41.8 Å². The first-order valence-corrected chi connectivity index (χ1v) is 12.9. The van der Waals surface area contributed by atoms with Crippen LogP contribution in [0.5, 0.6) is 0 Å². The second kappa shape index (κ2) is 11.4. The summed E-state index contributed by atoms with van der Waals surface area (Å²) in [7, 11) is 0. The van der Waals surface area contributed by atoms with E-state index in [4.69, 9.17) is 0 Å². The molecular weight excluding hydrogens is 450 g/mol. The van der Waals surface area contributed by atoms with Crippen molar-refractivity contribution >= 4 is 34.2 Å². The number of rotatable bonds is 11. The number of aryl methyl sites for hydroxylation is 1. The molecule has 0 aliphatic carbocycles. The fourth-order valence-corrected chi connectivity index (χ4v) is 4.86. The molecule has 6 heteroatoms. The van der Waals surface area contributed by atoms with Crippen molar-refractivity contribution in [3.8, 4) is 0 Å². The number of benzene rings is 3. The third-order valence-electron chi connectivity index (χ3n) is 6.85. The van der Waals surface area contributed by atoms with Gasteiger partial charge in [-0.1, -0.05) is 67.4 Å². The molecule has 0 spiro atoms. The number of anilines is 1. The summed E-state index contributed by atoms with van der Waals surface area (Å²) in [6, 6.07) is 19.1. The van der Waals surface area contributed by atoms with Crippen molar-refractivity contribution in [3.05, 3.63) is 77.4 Å². The Labute approximate surface area is 213 Å². The molecule has 0 saturated heterocycles. The molecule has 3 amide bonds. The van der Waals surface area contributed by atoms with Crippen LogP contribution in [-0.2, 0) is 16.1 Å². The van der Waals surface area contributed by atoms with Crippen LogP contribution in [0.1, 0.15) is 61.0 Å². The Morgan fingerprint density at radius 3 is 2.53 bits per heavy atom. The predicted octanol–water partition coefficient (Wildman–Crippen LogP) is 5.22. The van der Waals surface area contributed by atoms with Crippen molar-refractivity contribution < 1.29 is 14.4 Å². The predicted molar refractivity (Wildman–Crippen MR) is 144 cm³/mol. The molecule has 188 valence electrons. The van der Waals surface area contributed by atoms with Crippen LogP contribution in [0.3, 0.4) is 0 Å². The van der Waals surface area contributed by atoms with E-state index in [1.54, 1.807) is 16.7 Å². The number of nitrogens with one attached hydrogen (secondary N) is 1. The van der Waals surface area contributed by atoms with E-state index in [2.05, 4.69) is 12.2 Å². The highest BCUT2D eigenvalue weighted by Crippen LogP contribution is 2.37. The van der Waals surface area contributed by atoms with Gasteiger partial charge in [0.15, 0.2) is 0 Å². The largest absolute Gasteiger partial charge is 0.354 e. The molecule has 0 aromatic heterocycles. The van der Waals surface area contributed by atoms with Gasteiger partial charge >= 0.3 is 0 Å². The molecule has 0 bridgehead atoms. The number of hydrogen-bond acceptors (Lipinski definition) is 3. The van der Waals surface area contributed by atoms with E-state index < -0.39 is 6.04 Å². The summed E-state index contributed by atoms with van der Waals surface area (Å²) in [5.74, 6) is -0.243. The first-order valence-electron chi connectivity index (χ1n) is 12.9. The lowest BCUT2D eigenvalue weighted by Crippen LogP contribution is -2.47. The monoisotopic (exact) mass is 485 g/mol. The quantitative estimate of drug-likeness (QED) is 0.379. The van der Waals surface area contributed by atoms with Crippen molar-refractivity contribution in [1.82, 2.24) is 10.2 Å². The number of carbonyl (C=O) groups is 3. The molecule has 4 rings (SSSR count). The minimum Gasteiger partial charge on any atom is -0.354 e. The van der Waals surface area contributed by atoms with Crippen LogP contribution >= 0.6 is 0 Å². The van der Waals surface area contributed by atoms with Gasteiger partial charge < -0.3 is 15.1 Å². The van der Waals surface area contributed by atoms with Crippen LogP contribution in [0.4, 0.5) is 5.69 Å². The van der Waals surface area contributed by atoms with Gasteiger partial charge in [0.1, 0.15) is 6.04 Å². The van der Waals surface area contributed by atoms with Crippen LogP contribution < -0.4 is 10.2 Å². The number of amides is 3. The maximum absolute atomic E-state index is 13.4. The van der Waals surface area contributed by atoms with Crippen LogP contribution in [0, 0.1) is 6.92 Å². The average molecular weight is 486 g/mol. The molecule has 1 heterocycles. The topological polar surface area (TPSA) is 69.7 Å². The maximum atomic E-state index is 13.4. The first kappa shape index (κ1) is 25.4. The summed E-state index contributed by atoms with van der Waals surface area (Å²) in [6.45, 7) is 7.31. The molecule has 6 nitrogen and oxygen atoms in total. The van der Waals surface area contributed by atoms with Crippen LogP contribution in [0.15, 0.2) is 60.7 Å². The van der Waals surface area contributed by atoms with Crippen molar-refractivity contribution in [3.63, 3.8) is 0 Å². The lowest BCUT2D eigenvalue weighted by molar-refractivity contribution is -0.140. The van der Waals surface area contributed by atoms with E-state index >= 15 is 0 Å². The zero-order chi connectivity index (χ0) is 25.7. The van der Waals surface area contributed by atoms with E-state index in [0.717, 1.165) is 40.4 Å². The highest BCUT2D eigenvalue weighted by molar-refractivity contribution is 6.25. The molecule has 36 heavy (non-hydrogen) atoms. The summed E-state index contributed by atoms with van der Waals surface area (Å²) >= 11 is 0. The smallest absolute Gasteiger partial charge is 0.258 e. The van der Waals surface area contributed by atoms with Crippen molar-refractivity contribution in [2.24, 2.45) is 0 Å². The summed E-state index contributed by atoms with van der Waals surface area (Å²) < 4.78 is 0. The molecule has 0 fully saturated rings. The number of unbranched alkanes of at least 4 members (excludes halogenated alkanes) is 1. The van der Waals surface area contributed by atoms with Gasteiger partial charge in [0.25, 0.3) is 5.91 Å². The average Bonchev–Trinajstić information content (AvgIpc) is 3.15. The Kier molecular flexibility index (Phi) is 8.04. The second-order valence-corrected chi connectivity index (χ2v) is 9.57. The van der Waals surface area contributed by atoms with Gasteiger partial charge in [-0.15, -0.1) is 0 Å². The Bertz CT molecular complexity index is 1260. The lowest BCUT2D eigenvalue weighted by Gasteiger charge is -2.29. The molecule has 1 aliphatic rings. The fraction of sp³-hybridized carbons (Fsp3) is 0.367. The molecule has 3 aromatic rings. The van der Waals surface area contributed by atoms with Crippen molar-refractivity contribution in [1.29, 1.82) is 0 Å². The Hall–Kier alpha value is -3.67. The van der Waals surface area contributed by atoms with Gasteiger partial charge in [-0.2, -0.15) is 0 Å². The SMILES string of the molecule is CCCCNC(=O)[C@@H](C)N(Cc1cccc(C)c1)C(=O)CCCN1C(=O)c2cccc3cccc1c23. The highest BCUT2D eigenvalue weighted by Gasteiger charge is 2.30. The fourth-order valence-electron chi connectivity index (χ4n) is 4.86. The van der Waals surface area contributed by atoms with Gasteiger partial charge in [0.05, 0.1) is 5.69 Å². The number of carbonyl (C=O) groups excluding carboxylic acids is 3. The standard InChI is InChI=1S/C30H35N3O3/c1-4-5-17-31-29(35)22(3)33(20-23-11-6-10-21(2)19-23)27(34)16-9-18-32-26-15-8-13-24-12-7-14-25(28(24)26)30(32)36/h6-8,10-15,19,22H,4-5,9,16-18,20H2,1-3H3,(H,31,35)/t22-/m1/s1. The minimum absolute atomic E-state index is 0.0189. The minimum atomic E-state index is -0.582. The molecule has 3 aromatic carbocycles. The van der Waals surface area contributed by atoms with Gasteiger partial charge in [-0.25, -0.2) is 0 Å². The van der Waals surface area contributed by atoms with E-state index in [9.17, 15) is 14.4 Å². The van der Waals surface area contributed by atoms with Crippen molar-refractivity contribution in [2.75, 3.05) is 18.0 Å². The van der Waals surface area contributed by atoms with Gasteiger partial charge in [0, 0.05) is 37.0 Å². The summed E-state index contributed by atoms with van der Waals surface area (Å²) in [4.78, 5) is 42.7. The normalized spacial score (nSPS) is 13.2. The number of nitrogens with zero attached hydrogens (tertiary/aromatic N) is 2. The summed E-state index contributed by atoms with van der Waals surface area (Å²) in [5.41, 5.74) is 3.73. The first-order chi connectivity index (χ1) is 17.4. The zero-order valence-corrected chi connectivity index (χ0v) is 21.4. The zero-order valence-electron chi connectivity index (χ0n) is 21.4. The maximum Gasteiger partial charge on any atom is 0.258 e. The Morgan fingerprint density at radius 2 is 1.78 bits per heavy atom. The highest BCUT2D eigenvalue weighted by atomic mass is 16.2. The Morgan fingerprint density at radius 1 is 1.03 bits per heavy atom. The molecule has 1 N–H and O–H groups in total. The molecule has 0 saturated carbocycles. The molecule has 0 unspecified atom stereocenters. The molecule has 1 aliphatic heterocycles. The summed E-state index contributed by atoms with van der Waals surface area (Å²) in [5, 5.41) is 4.98. The summed E-state index contributed by atoms with van der Waals surface area (Å²) in [6.07, 6.45) is 2.68. The van der Waals surface area contributed by atoms with E-state index in [-0.39, 0.29) is 24.1 Å². The Balaban J connectivity index is 1.44. The van der Waals surface area contributed by atoms with Crippen LogP contribution in [0.2, 0.25) is 0 Å². The molecule has 0 radical (unpaired) electrons. The number of hydrogen-bond donors (Lipinski definition) is 1. The van der Waals surface area contributed by atoms with E-state index in [1.807, 2.05) is 67.6 Å². The van der Waals surface area contributed by atoms with Crippen molar-refractivity contribution in [2.45, 2.75) is 59.0 Å². The van der Waals surface area contributed by atoms with E-state index in [0.29, 0.717) is 31.6 Å². The third kappa shape index (κ3) is 5.43. The lowest BCUT2D eigenvalue weighted by atomic mass is 10.1. The molecule has 1 atom stereocenters. The van der Waals surface area contributed by atoms with Gasteiger partial charge in [-0.3, -0.25) is 14.4 Å².